The van der Waals surface area contributed by atoms with Gasteiger partial charge in [0.15, 0.2) is 0 Å². The fraction of sp³-hybridized carbons (Fsp3) is 0.500. The number of carbonyl (C=O) groups excluding carboxylic acids is 2. The highest BCUT2D eigenvalue weighted by atomic mass is 19.4. The van der Waals surface area contributed by atoms with Crippen molar-refractivity contribution in [3.05, 3.63) is 35.4 Å². The molecule has 0 aliphatic rings. The molecule has 0 spiro atoms. The molecule has 23 heavy (non-hydrogen) atoms. The van der Waals surface area contributed by atoms with Crippen molar-refractivity contribution in [3.63, 3.8) is 0 Å². The maximum Gasteiger partial charge on any atom is 0.416 e. The van der Waals surface area contributed by atoms with E-state index in [1.807, 2.05) is 0 Å². The van der Waals surface area contributed by atoms with Gasteiger partial charge in [0.2, 0.25) is 11.8 Å². The smallest absolute Gasteiger partial charge is 0.347 e. The van der Waals surface area contributed by atoms with Crippen molar-refractivity contribution in [2.45, 2.75) is 39.4 Å². The normalized spacial score (nSPS) is 12.6. The molecule has 0 aliphatic heterocycles. The number of hydrogen-bond donors (Lipinski definition) is 1. The lowest BCUT2D eigenvalue weighted by Gasteiger charge is -2.29. The maximum atomic E-state index is 12.8. The van der Waals surface area contributed by atoms with Crippen molar-refractivity contribution in [2.75, 3.05) is 13.1 Å². The highest BCUT2D eigenvalue weighted by Gasteiger charge is 2.31. The molecule has 0 aliphatic carbocycles. The molecule has 0 fully saturated rings. The standard InChI is InChI=1S/C16H21F3N2O2/c1-4-14(22)20-10-15(23)21(5-2)11(3)12-7-6-8-13(9-12)16(17,18)19/h6-9,11H,4-5,10H2,1-3H3,(H,20,22). The Hall–Kier alpha value is -2.05. The van der Waals surface area contributed by atoms with Gasteiger partial charge in [-0.25, -0.2) is 0 Å². The number of benzene rings is 1. The first-order valence-electron chi connectivity index (χ1n) is 7.44. The summed E-state index contributed by atoms with van der Waals surface area (Å²) in [6.07, 6.45) is -4.16. The zero-order chi connectivity index (χ0) is 17.6. The van der Waals surface area contributed by atoms with Crippen molar-refractivity contribution >= 4 is 11.8 Å². The Morgan fingerprint density at radius 2 is 1.91 bits per heavy atom. The minimum absolute atomic E-state index is 0.163. The van der Waals surface area contributed by atoms with Gasteiger partial charge in [0.05, 0.1) is 18.2 Å². The number of nitrogens with one attached hydrogen (secondary N) is 1. The summed E-state index contributed by atoms with van der Waals surface area (Å²) in [7, 11) is 0. The van der Waals surface area contributed by atoms with Gasteiger partial charge in [0, 0.05) is 13.0 Å². The minimum Gasteiger partial charge on any atom is -0.347 e. The number of likely N-dealkylation sites (N-methyl/N-ethyl adjacent to an activating group) is 1. The third-order valence-electron chi connectivity index (χ3n) is 3.58. The van der Waals surface area contributed by atoms with Crippen molar-refractivity contribution < 1.29 is 22.8 Å². The quantitative estimate of drug-likeness (QED) is 0.871. The third-order valence-corrected chi connectivity index (χ3v) is 3.58. The van der Waals surface area contributed by atoms with Gasteiger partial charge in [-0.15, -0.1) is 0 Å². The molecule has 1 aromatic rings. The van der Waals surface area contributed by atoms with E-state index in [0.717, 1.165) is 12.1 Å². The molecule has 1 N–H and O–H groups in total. The van der Waals surface area contributed by atoms with Gasteiger partial charge >= 0.3 is 6.18 Å². The van der Waals surface area contributed by atoms with Crippen LogP contribution in [0.25, 0.3) is 0 Å². The molecule has 1 unspecified atom stereocenters. The molecule has 0 bridgehead atoms. The summed E-state index contributed by atoms with van der Waals surface area (Å²) in [6.45, 7) is 5.24. The molecule has 4 nitrogen and oxygen atoms in total. The predicted octanol–water partition coefficient (Wildman–Crippen LogP) is 3.14. The van der Waals surface area contributed by atoms with Crippen LogP contribution in [0.2, 0.25) is 0 Å². The number of carbonyl (C=O) groups is 2. The first-order chi connectivity index (χ1) is 10.7. The van der Waals surface area contributed by atoms with E-state index in [-0.39, 0.29) is 24.8 Å². The molecule has 0 aromatic heterocycles. The van der Waals surface area contributed by atoms with Crippen molar-refractivity contribution in [1.82, 2.24) is 10.2 Å². The Kier molecular flexibility index (Phi) is 6.60. The summed E-state index contributed by atoms with van der Waals surface area (Å²) in [5, 5.41) is 2.48. The van der Waals surface area contributed by atoms with E-state index in [9.17, 15) is 22.8 Å². The molecule has 7 heteroatoms. The zero-order valence-corrected chi connectivity index (χ0v) is 13.4. The van der Waals surface area contributed by atoms with Crippen LogP contribution in [0.3, 0.4) is 0 Å². The van der Waals surface area contributed by atoms with Crippen LogP contribution in [0.4, 0.5) is 13.2 Å². The van der Waals surface area contributed by atoms with Crippen molar-refractivity contribution in [1.29, 1.82) is 0 Å². The zero-order valence-electron chi connectivity index (χ0n) is 13.4. The van der Waals surface area contributed by atoms with Crippen LogP contribution >= 0.6 is 0 Å². The van der Waals surface area contributed by atoms with Crippen LogP contribution in [0.15, 0.2) is 24.3 Å². The minimum atomic E-state index is -4.42. The molecule has 0 saturated heterocycles. The maximum absolute atomic E-state index is 12.8. The highest BCUT2D eigenvalue weighted by Crippen LogP contribution is 2.31. The Morgan fingerprint density at radius 3 is 2.43 bits per heavy atom. The van der Waals surface area contributed by atoms with Crippen LogP contribution in [-0.2, 0) is 15.8 Å². The van der Waals surface area contributed by atoms with E-state index in [0.29, 0.717) is 12.1 Å². The molecule has 0 heterocycles. The Labute approximate surface area is 133 Å². The summed E-state index contributed by atoms with van der Waals surface area (Å²) in [4.78, 5) is 24.8. The van der Waals surface area contributed by atoms with Gasteiger partial charge in [0.1, 0.15) is 0 Å². The molecular weight excluding hydrogens is 309 g/mol. The monoisotopic (exact) mass is 330 g/mol. The van der Waals surface area contributed by atoms with Crippen LogP contribution in [0.1, 0.15) is 44.4 Å². The van der Waals surface area contributed by atoms with Crippen LogP contribution in [-0.4, -0.2) is 29.8 Å². The lowest BCUT2D eigenvalue weighted by atomic mass is 10.0. The molecule has 2 amide bonds. The molecule has 128 valence electrons. The SMILES string of the molecule is CCC(=O)NCC(=O)N(CC)C(C)c1cccc(C(F)(F)F)c1. The number of hydrogen-bond acceptors (Lipinski definition) is 2. The van der Waals surface area contributed by atoms with E-state index >= 15 is 0 Å². The Balaban J connectivity index is 2.90. The summed E-state index contributed by atoms with van der Waals surface area (Å²) in [6, 6.07) is 4.40. The number of amides is 2. The van der Waals surface area contributed by atoms with Crippen LogP contribution in [0, 0.1) is 0 Å². The first-order valence-corrected chi connectivity index (χ1v) is 7.44. The van der Waals surface area contributed by atoms with E-state index in [1.54, 1.807) is 26.8 Å². The average Bonchev–Trinajstić information content (AvgIpc) is 2.52. The second-order valence-electron chi connectivity index (χ2n) is 5.11. The van der Waals surface area contributed by atoms with Gasteiger partial charge < -0.3 is 10.2 Å². The Bertz CT molecular complexity index is 559. The lowest BCUT2D eigenvalue weighted by molar-refractivity contribution is -0.137. The number of halogens is 3. The van der Waals surface area contributed by atoms with Gasteiger partial charge in [-0.05, 0) is 31.5 Å². The van der Waals surface area contributed by atoms with Crippen LogP contribution in [0.5, 0.6) is 0 Å². The molecule has 0 saturated carbocycles. The number of nitrogens with zero attached hydrogens (tertiary/aromatic N) is 1. The molecule has 1 rings (SSSR count). The largest absolute Gasteiger partial charge is 0.416 e. The number of rotatable bonds is 6. The molecule has 1 atom stereocenters. The molecule has 0 radical (unpaired) electrons. The fourth-order valence-corrected chi connectivity index (χ4v) is 2.22. The van der Waals surface area contributed by atoms with Crippen molar-refractivity contribution in [2.24, 2.45) is 0 Å². The average molecular weight is 330 g/mol. The summed E-state index contributed by atoms with van der Waals surface area (Å²) >= 11 is 0. The van der Waals surface area contributed by atoms with Crippen molar-refractivity contribution in [3.8, 4) is 0 Å². The van der Waals surface area contributed by atoms with Gasteiger partial charge in [-0.2, -0.15) is 13.2 Å². The van der Waals surface area contributed by atoms with Gasteiger partial charge in [-0.3, -0.25) is 9.59 Å². The van der Waals surface area contributed by atoms with Gasteiger partial charge in [-0.1, -0.05) is 19.1 Å². The highest BCUT2D eigenvalue weighted by molar-refractivity contribution is 5.84. The summed E-state index contributed by atoms with van der Waals surface area (Å²) < 4.78 is 38.4. The second-order valence-corrected chi connectivity index (χ2v) is 5.11. The second kappa shape index (κ2) is 7.99. The van der Waals surface area contributed by atoms with Crippen LogP contribution < -0.4 is 5.32 Å². The lowest BCUT2D eigenvalue weighted by Crippen LogP contribution is -2.41. The van der Waals surface area contributed by atoms with E-state index < -0.39 is 17.8 Å². The molecule has 1 aromatic carbocycles. The topological polar surface area (TPSA) is 49.4 Å². The third kappa shape index (κ3) is 5.26. The van der Waals surface area contributed by atoms with E-state index in [2.05, 4.69) is 5.32 Å². The summed E-state index contributed by atoms with van der Waals surface area (Å²) in [5.74, 6) is -0.583. The van der Waals surface area contributed by atoms with E-state index in [4.69, 9.17) is 0 Å². The predicted molar refractivity (Wildman–Crippen MR) is 80.5 cm³/mol. The molecular formula is C16H21F3N2O2. The first kappa shape index (κ1) is 19.0. The fourth-order valence-electron chi connectivity index (χ4n) is 2.22. The Morgan fingerprint density at radius 1 is 1.26 bits per heavy atom. The summed E-state index contributed by atoms with van der Waals surface area (Å²) in [5.41, 5.74) is -0.346. The van der Waals surface area contributed by atoms with E-state index in [1.165, 1.54) is 11.0 Å². The van der Waals surface area contributed by atoms with Gasteiger partial charge in [0.25, 0.3) is 0 Å². The number of alkyl halides is 3.